The van der Waals surface area contributed by atoms with Crippen molar-refractivity contribution in [2.45, 2.75) is 97.5 Å². The van der Waals surface area contributed by atoms with Crippen LogP contribution in [0.1, 0.15) is 91.9 Å². The van der Waals surface area contributed by atoms with Crippen LogP contribution in [0.2, 0.25) is 0 Å². The number of ether oxygens (including phenoxy) is 1. The van der Waals surface area contributed by atoms with Crippen molar-refractivity contribution in [3.05, 3.63) is 0 Å². The fourth-order valence-corrected chi connectivity index (χ4v) is 7.87. The summed E-state index contributed by atoms with van der Waals surface area (Å²) in [6.07, 6.45) is 11.0. The summed E-state index contributed by atoms with van der Waals surface area (Å²) in [6.45, 7) is 8.52. The molecule has 0 bridgehead atoms. The lowest BCUT2D eigenvalue weighted by Crippen LogP contribution is -2.56. The number of Topliss-reactive ketones (excluding diaryl/α,β-unsaturated/α-hetero) is 1. The standard InChI is InChI=1S/C23H36O3/c1-5-23(26-15(2)24)13-12-21(3)16(14-23)6-7-17-18-8-9-20(25)22(18,4)11-10-19(17)21/h16-19H,5-14H2,1-4H3/t16-,17+,18-,19+,21-,22-,23-/m0/s1. The van der Waals surface area contributed by atoms with Gasteiger partial charge in [0, 0.05) is 18.8 Å². The maximum Gasteiger partial charge on any atom is 0.303 e. The smallest absolute Gasteiger partial charge is 0.303 e. The molecule has 4 fully saturated rings. The van der Waals surface area contributed by atoms with E-state index < -0.39 is 0 Å². The molecule has 0 unspecified atom stereocenters. The fraction of sp³-hybridized carbons (Fsp3) is 0.913. The third-order valence-electron chi connectivity index (χ3n) is 9.52. The number of carbonyl (C=O) groups is 2. The van der Waals surface area contributed by atoms with Gasteiger partial charge in [-0.15, -0.1) is 0 Å². The number of ketones is 1. The average Bonchev–Trinajstić information content (AvgIpc) is 2.90. The molecule has 26 heavy (non-hydrogen) atoms. The van der Waals surface area contributed by atoms with Crippen molar-refractivity contribution in [3.8, 4) is 0 Å². The van der Waals surface area contributed by atoms with Gasteiger partial charge < -0.3 is 4.74 Å². The van der Waals surface area contributed by atoms with E-state index in [1.165, 1.54) is 25.7 Å². The Morgan fingerprint density at radius 1 is 1.08 bits per heavy atom. The van der Waals surface area contributed by atoms with Gasteiger partial charge in [0.1, 0.15) is 11.4 Å². The molecule has 3 nitrogen and oxygen atoms in total. The van der Waals surface area contributed by atoms with Gasteiger partial charge in [0.25, 0.3) is 0 Å². The molecule has 3 heteroatoms. The molecule has 0 saturated heterocycles. The molecule has 0 aromatic rings. The molecule has 0 spiro atoms. The third kappa shape index (κ3) is 2.52. The van der Waals surface area contributed by atoms with Gasteiger partial charge >= 0.3 is 5.97 Å². The number of hydrogen-bond acceptors (Lipinski definition) is 3. The largest absolute Gasteiger partial charge is 0.459 e. The van der Waals surface area contributed by atoms with E-state index in [0.717, 1.165) is 50.4 Å². The van der Waals surface area contributed by atoms with E-state index in [-0.39, 0.29) is 17.0 Å². The van der Waals surface area contributed by atoms with Crippen LogP contribution in [0.3, 0.4) is 0 Å². The third-order valence-corrected chi connectivity index (χ3v) is 9.52. The van der Waals surface area contributed by atoms with Crippen LogP contribution in [-0.2, 0) is 14.3 Å². The molecule has 0 aromatic carbocycles. The van der Waals surface area contributed by atoms with Gasteiger partial charge in [-0.1, -0.05) is 20.8 Å². The Hall–Kier alpha value is -0.860. The first-order valence-electron chi connectivity index (χ1n) is 11.0. The molecule has 4 aliphatic rings. The highest BCUT2D eigenvalue weighted by atomic mass is 16.6. The summed E-state index contributed by atoms with van der Waals surface area (Å²) in [4.78, 5) is 24.2. The Kier molecular flexibility index (Phi) is 4.32. The topological polar surface area (TPSA) is 43.4 Å². The predicted molar refractivity (Wildman–Crippen MR) is 102 cm³/mol. The Bertz CT molecular complexity index is 613. The van der Waals surface area contributed by atoms with Crippen molar-refractivity contribution in [2.75, 3.05) is 0 Å². The van der Waals surface area contributed by atoms with Gasteiger partial charge in [0.2, 0.25) is 0 Å². The SMILES string of the molecule is CC[C@]1(OC(C)=O)CC[C@@]2(C)[C@@H](CC[C@H]3[C@H]2CC[C@]2(C)C(=O)CC[C@@H]32)C1. The lowest BCUT2D eigenvalue weighted by molar-refractivity contribution is -0.182. The van der Waals surface area contributed by atoms with Crippen molar-refractivity contribution in [3.63, 3.8) is 0 Å². The highest BCUT2D eigenvalue weighted by molar-refractivity contribution is 5.87. The lowest BCUT2D eigenvalue weighted by atomic mass is 9.44. The van der Waals surface area contributed by atoms with E-state index in [1.54, 1.807) is 6.92 Å². The fourth-order valence-electron chi connectivity index (χ4n) is 7.87. The molecule has 4 aliphatic carbocycles. The van der Waals surface area contributed by atoms with E-state index >= 15 is 0 Å². The quantitative estimate of drug-likeness (QED) is 0.627. The number of esters is 1. The number of fused-ring (bicyclic) bond motifs is 5. The Morgan fingerprint density at radius 3 is 2.54 bits per heavy atom. The summed E-state index contributed by atoms with van der Waals surface area (Å²) in [5.41, 5.74) is 0.119. The minimum Gasteiger partial charge on any atom is -0.459 e. The zero-order valence-corrected chi connectivity index (χ0v) is 17.1. The zero-order valence-electron chi connectivity index (χ0n) is 17.1. The van der Waals surface area contributed by atoms with Crippen LogP contribution in [0.15, 0.2) is 0 Å². The van der Waals surface area contributed by atoms with Gasteiger partial charge in [-0.05, 0) is 86.9 Å². The Labute approximate surface area is 158 Å². The van der Waals surface area contributed by atoms with Crippen molar-refractivity contribution < 1.29 is 14.3 Å². The summed E-state index contributed by atoms with van der Waals surface area (Å²) in [7, 11) is 0. The van der Waals surface area contributed by atoms with Gasteiger partial charge in [0.15, 0.2) is 0 Å². The molecular formula is C23H36O3. The first-order valence-corrected chi connectivity index (χ1v) is 11.0. The van der Waals surface area contributed by atoms with Crippen LogP contribution < -0.4 is 0 Å². The van der Waals surface area contributed by atoms with Gasteiger partial charge in [-0.25, -0.2) is 0 Å². The summed E-state index contributed by atoms with van der Waals surface area (Å²) in [6, 6.07) is 0. The summed E-state index contributed by atoms with van der Waals surface area (Å²) < 4.78 is 5.87. The molecule has 0 heterocycles. The number of rotatable bonds is 2. The second-order valence-electron chi connectivity index (χ2n) is 10.4. The molecule has 0 radical (unpaired) electrons. The van der Waals surface area contributed by atoms with Crippen LogP contribution in [0.25, 0.3) is 0 Å². The average molecular weight is 361 g/mol. The summed E-state index contributed by atoms with van der Waals surface area (Å²) >= 11 is 0. The van der Waals surface area contributed by atoms with Gasteiger partial charge in [-0.3, -0.25) is 9.59 Å². The number of carbonyl (C=O) groups excluding carboxylic acids is 2. The highest BCUT2D eigenvalue weighted by Crippen LogP contribution is 2.66. The Morgan fingerprint density at radius 2 is 1.85 bits per heavy atom. The molecule has 4 saturated carbocycles. The van der Waals surface area contributed by atoms with Gasteiger partial charge in [-0.2, -0.15) is 0 Å². The summed E-state index contributed by atoms with van der Waals surface area (Å²) in [5, 5.41) is 0. The van der Waals surface area contributed by atoms with E-state index in [2.05, 4.69) is 20.8 Å². The normalized spacial score (nSPS) is 50.5. The monoisotopic (exact) mass is 360 g/mol. The van der Waals surface area contributed by atoms with Crippen molar-refractivity contribution in [1.82, 2.24) is 0 Å². The van der Waals surface area contributed by atoms with Gasteiger partial charge in [0.05, 0.1) is 0 Å². The molecule has 0 amide bonds. The van der Waals surface area contributed by atoms with Crippen LogP contribution in [0, 0.1) is 34.5 Å². The molecule has 0 N–H and O–H groups in total. The molecule has 0 aliphatic heterocycles. The highest BCUT2D eigenvalue weighted by Gasteiger charge is 2.61. The predicted octanol–water partition coefficient (Wildman–Crippen LogP) is 5.31. The van der Waals surface area contributed by atoms with Crippen LogP contribution in [0.4, 0.5) is 0 Å². The van der Waals surface area contributed by atoms with Crippen LogP contribution >= 0.6 is 0 Å². The molecule has 4 rings (SSSR count). The Balaban J connectivity index is 1.58. The molecule has 7 atom stereocenters. The number of hydrogen-bond donors (Lipinski definition) is 0. The maximum absolute atomic E-state index is 12.5. The van der Waals surface area contributed by atoms with Crippen LogP contribution in [0.5, 0.6) is 0 Å². The van der Waals surface area contributed by atoms with E-state index in [4.69, 9.17) is 4.74 Å². The van der Waals surface area contributed by atoms with E-state index in [0.29, 0.717) is 23.0 Å². The first-order chi connectivity index (χ1) is 12.2. The van der Waals surface area contributed by atoms with Crippen LogP contribution in [-0.4, -0.2) is 17.4 Å². The maximum atomic E-state index is 12.5. The van der Waals surface area contributed by atoms with E-state index in [1.807, 2.05) is 0 Å². The second-order valence-corrected chi connectivity index (χ2v) is 10.4. The summed E-state index contributed by atoms with van der Waals surface area (Å²) in [5.74, 6) is 3.21. The second kappa shape index (κ2) is 6.07. The van der Waals surface area contributed by atoms with Crippen molar-refractivity contribution >= 4 is 11.8 Å². The van der Waals surface area contributed by atoms with E-state index in [9.17, 15) is 9.59 Å². The zero-order chi connectivity index (χ0) is 18.7. The minimum atomic E-state index is -0.227. The molecular weight excluding hydrogens is 324 g/mol. The first kappa shape index (κ1) is 18.5. The molecule has 146 valence electrons. The lowest BCUT2D eigenvalue weighted by Gasteiger charge is -2.61. The molecule has 0 aromatic heterocycles. The van der Waals surface area contributed by atoms with Crippen molar-refractivity contribution in [2.24, 2.45) is 34.5 Å². The minimum absolute atomic E-state index is 0.0239. The van der Waals surface area contributed by atoms with Crippen molar-refractivity contribution in [1.29, 1.82) is 0 Å².